The fourth-order valence-electron chi connectivity index (χ4n) is 7.49. The highest BCUT2D eigenvalue weighted by Crippen LogP contribution is 2.53. The van der Waals surface area contributed by atoms with Gasteiger partial charge >= 0.3 is 14.2 Å². The molecule has 8 rings (SSSR count). The molecule has 0 N–H and O–H groups in total. The van der Waals surface area contributed by atoms with Gasteiger partial charge in [-0.2, -0.15) is 0 Å². The van der Waals surface area contributed by atoms with Crippen LogP contribution in [-0.4, -0.2) is 26.4 Å². The zero-order chi connectivity index (χ0) is 32.6. The summed E-state index contributed by atoms with van der Waals surface area (Å²) in [7, 11) is -1.47. The standard InChI is InChI=1S/C42H36B2O4/c1-31-17-15-27-37(29-31)43-45-39-40(41(47-43,33-19-7-3-8-20-33)34-21-9-4-10-22-34)46-44(38-28-16-18-32(2)30-38)48-42(39,35-23-11-5-12-24-35)36-25-13-6-14-26-36/h3-30,39-40H,1-2H3/t39-,40-/m1/s1. The van der Waals surface area contributed by atoms with Crippen molar-refractivity contribution in [1.29, 1.82) is 0 Å². The van der Waals surface area contributed by atoms with Crippen molar-refractivity contribution >= 4 is 25.2 Å². The summed E-state index contributed by atoms with van der Waals surface area (Å²) >= 11 is 0. The largest absolute Gasteiger partial charge is 0.495 e. The van der Waals surface area contributed by atoms with Crippen molar-refractivity contribution in [3.05, 3.63) is 203 Å². The van der Waals surface area contributed by atoms with Crippen LogP contribution in [0.2, 0.25) is 0 Å². The first-order valence-electron chi connectivity index (χ1n) is 16.6. The molecule has 2 heterocycles. The van der Waals surface area contributed by atoms with E-state index in [1.54, 1.807) is 0 Å². The number of fused-ring (bicyclic) bond motifs is 1. The molecule has 2 aliphatic rings. The number of hydrogen-bond donors (Lipinski definition) is 0. The monoisotopic (exact) mass is 626 g/mol. The van der Waals surface area contributed by atoms with E-state index < -0.39 is 37.6 Å². The van der Waals surface area contributed by atoms with Crippen LogP contribution in [0.15, 0.2) is 170 Å². The normalized spacial score (nSPS) is 19.8. The molecule has 6 heteroatoms. The zero-order valence-electron chi connectivity index (χ0n) is 27.1. The Bertz CT molecular complexity index is 1760. The molecule has 0 aliphatic carbocycles. The minimum Gasteiger partial charge on any atom is -0.398 e. The first-order chi connectivity index (χ1) is 23.6. The first kappa shape index (κ1) is 30.6. The lowest BCUT2D eigenvalue weighted by atomic mass is 9.62. The average molecular weight is 626 g/mol. The molecule has 0 unspecified atom stereocenters. The molecule has 0 amide bonds. The maximum atomic E-state index is 7.43. The highest BCUT2D eigenvalue weighted by atomic mass is 16.7. The van der Waals surface area contributed by atoms with E-state index in [0.717, 1.165) is 44.3 Å². The van der Waals surface area contributed by atoms with E-state index in [1.165, 1.54) is 0 Å². The van der Waals surface area contributed by atoms with Gasteiger partial charge in [-0.05, 0) is 47.0 Å². The predicted octanol–water partition coefficient (Wildman–Crippen LogP) is 7.11. The van der Waals surface area contributed by atoms with E-state index in [4.69, 9.17) is 18.6 Å². The van der Waals surface area contributed by atoms with Gasteiger partial charge in [0.25, 0.3) is 0 Å². The SMILES string of the molecule is Cc1cccc(B2O[C@@H]3[C@@H](OB(c4cccc(C)c4)OC3(c3ccccc3)c3ccccc3)C(c3ccccc3)(c3ccccc3)O2)c1. The molecule has 2 fully saturated rings. The molecule has 0 saturated carbocycles. The minimum atomic E-state index is -1.08. The predicted molar refractivity (Wildman–Crippen MR) is 192 cm³/mol. The van der Waals surface area contributed by atoms with Crippen LogP contribution in [0.1, 0.15) is 33.4 Å². The molecule has 6 aromatic carbocycles. The Labute approximate surface area is 283 Å². The van der Waals surface area contributed by atoms with Gasteiger partial charge in [0.2, 0.25) is 0 Å². The van der Waals surface area contributed by atoms with E-state index in [0.29, 0.717) is 0 Å². The fourth-order valence-corrected chi connectivity index (χ4v) is 7.49. The van der Waals surface area contributed by atoms with Gasteiger partial charge in [-0.25, -0.2) is 0 Å². The molecule has 0 bridgehead atoms. The second-order valence-corrected chi connectivity index (χ2v) is 12.8. The molecule has 48 heavy (non-hydrogen) atoms. The highest BCUT2D eigenvalue weighted by molar-refractivity contribution is 6.63. The quantitative estimate of drug-likeness (QED) is 0.185. The molecule has 2 atom stereocenters. The molecular weight excluding hydrogens is 590 g/mol. The van der Waals surface area contributed by atoms with Crippen molar-refractivity contribution < 1.29 is 18.6 Å². The molecule has 2 aliphatic heterocycles. The second-order valence-electron chi connectivity index (χ2n) is 12.8. The summed E-state index contributed by atoms with van der Waals surface area (Å²) < 4.78 is 29.4. The van der Waals surface area contributed by atoms with Gasteiger partial charge in [0.1, 0.15) is 23.4 Å². The van der Waals surface area contributed by atoms with Crippen molar-refractivity contribution in [2.24, 2.45) is 0 Å². The van der Waals surface area contributed by atoms with Gasteiger partial charge < -0.3 is 18.6 Å². The zero-order valence-corrected chi connectivity index (χ0v) is 27.1. The van der Waals surface area contributed by atoms with Crippen molar-refractivity contribution in [1.82, 2.24) is 0 Å². The highest BCUT2D eigenvalue weighted by Gasteiger charge is 2.66. The van der Waals surface area contributed by atoms with Crippen LogP contribution in [0.3, 0.4) is 0 Å². The third-order valence-electron chi connectivity index (χ3n) is 9.64. The summed E-state index contributed by atoms with van der Waals surface area (Å²) in [6.07, 6.45) is -1.30. The van der Waals surface area contributed by atoms with Crippen LogP contribution in [-0.2, 0) is 29.8 Å². The van der Waals surface area contributed by atoms with Gasteiger partial charge in [-0.1, -0.05) is 181 Å². The Hall–Kier alpha value is -4.71. The lowest BCUT2D eigenvalue weighted by Crippen LogP contribution is -2.73. The van der Waals surface area contributed by atoms with Crippen molar-refractivity contribution in [3.8, 4) is 0 Å². The van der Waals surface area contributed by atoms with E-state index in [1.807, 2.05) is 24.3 Å². The Balaban J connectivity index is 1.46. The summed E-state index contributed by atoms with van der Waals surface area (Å²) in [5, 5.41) is 0. The Morgan fingerprint density at radius 3 is 1.00 bits per heavy atom. The Morgan fingerprint density at radius 2 is 0.708 bits per heavy atom. The molecular formula is C42H36B2O4. The second kappa shape index (κ2) is 12.7. The molecule has 2 saturated heterocycles. The van der Waals surface area contributed by atoms with Crippen LogP contribution >= 0.6 is 0 Å². The smallest absolute Gasteiger partial charge is 0.398 e. The molecule has 0 radical (unpaired) electrons. The maximum absolute atomic E-state index is 7.43. The molecule has 6 aromatic rings. The lowest BCUT2D eigenvalue weighted by Gasteiger charge is -2.59. The van der Waals surface area contributed by atoms with Crippen molar-refractivity contribution in [2.75, 3.05) is 0 Å². The number of benzene rings is 6. The lowest BCUT2D eigenvalue weighted by molar-refractivity contribution is -0.210. The minimum absolute atomic E-state index is 0.650. The van der Waals surface area contributed by atoms with Gasteiger partial charge in [0.15, 0.2) is 0 Å². The van der Waals surface area contributed by atoms with E-state index in [-0.39, 0.29) is 0 Å². The fraction of sp³-hybridized carbons (Fsp3) is 0.143. The van der Waals surface area contributed by atoms with Crippen LogP contribution in [0, 0.1) is 13.8 Å². The van der Waals surface area contributed by atoms with Crippen molar-refractivity contribution in [2.45, 2.75) is 37.3 Å². The van der Waals surface area contributed by atoms with E-state index in [9.17, 15) is 0 Å². The Morgan fingerprint density at radius 1 is 0.396 bits per heavy atom. The van der Waals surface area contributed by atoms with Crippen LogP contribution in [0.4, 0.5) is 0 Å². The van der Waals surface area contributed by atoms with E-state index in [2.05, 4.69) is 159 Å². The van der Waals surface area contributed by atoms with Gasteiger partial charge in [-0.3, -0.25) is 0 Å². The maximum Gasteiger partial charge on any atom is 0.495 e. The summed E-state index contributed by atoms with van der Waals surface area (Å²) in [4.78, 5) is 0. The average Bonchev–Trinajstić information content (AvgIpc) is 3.15. The third kappa shape index (κ3) is 5.22. The van der Waals surface area contributed by atoms with Crippen molar-refractivity contribution in [3.63, 3.8) is 0 Å². The Kier molecular flexibility index (Phi) is 8.11. The van der Waals surface area contributed by atoms with Gasteiger partial charge in [-0.15, -0.1) is 0 Å². The number of aryl methyl sites for hydroxylation is 2. The van der Waals surface area contributed by atoms with E-state index >= 15 is 0 Å². The topological polar surface area (TPSA) is 36.9 Å². The van der Waals surface area contributed by atoms with Crippen LogP contribution < -0.4 is 10.9 Å². The summed E-state index contributed by atoms with van der Waals surface area (Å²) in [6.45, 7) is 4.18. The molecule has 0 aromatic heterocycles. The molecule has 234 valence electrons. The summed E-state index contributed by atoms with van der Waals surface area (Å²) in [5.41, 5.74) is 5.86. The number of hydrogen-bond acceptors (Lipinski definition) is 4. The molecule has 4 nitrogen and oxygen atoms in total. The van der Waals surface area contributed by atoms with Crippen LogP contribution in [0.25, 0.3) is 0 Å². The summed E-state index contributed by atoms with van der Waals surface area (Å²) in [6, 6.07) is 58.5. The van der Waals surface area contributed by atoms with Crippen LogP contribution in [0.5, 0.6) is 0 Å². The first-order valence-corrected chi connectivity index (χ1v) is 16.6. The molecule has 0 spiro atoms. The van der Waals surface area contributed by atoms with Gasteiger partial charge in [0, 0.05) is 0 Å². The summed E-state index contributed by atoms with van der Waals surface area (Å²) in [5.74, 6) is 0. The number of rotatable bonds is 6. The third-order valence-corrected chi connectivity index (χ3v) is 9.64. The van der Waals surface area contributed by atoms with Gasteiger partial charge in [0.05, 0.1) is 0 Å².